The molecular weight excluding hydrogens is 334 g/mol. The van der Waals surface area contributed by atoms with E-state index in [4.69, 9.17) is 0 Å². The number of nitrogens with one attached hydrogen (secondary N) is 2. The normalized spacial score (nSPS) is 25.5. The van der Waals surface area contributed by atoms with Gasteiger partial charge in [-0.2, -0.15) is 0 Å². The van der Waals surface area contributed by atoms with Crippen LogP contribution in [0.5, 0.6) is 0 Å². The monoisotopic (exact) mass is 352 g/mol. The summed E-state index contributed by atoms with van der Waals surface area (Å²) in [5, 5.41) is 2.86. The standard InChI is InChI=1S/C14H18F2N2O2S.ClH/c15-12-4-1-9(7-13(12)16)11-5-6-17-8-14(11)18-21(19,20)10-2-3-10;/h1,4,7,10-11,14,17-18H,2-3,5-6,8H2;1H. The zero-order valence-corrected chi connectivity index (χ0v) is 13.5. The van der Waals surface area contributed by atoms with Crippen molar-refractivity contribution in [2.75, 3.05) is 13.1 Å². The zero-order chi connectivity index (χ0) is 15.0. The molecule has 124 valence electrons. The molecule has 1 aromatic rings. The van der Waals surface area contributed by atoms with E-state index in [9.17, 15) is 17.2 Å². The van der Waals surface area contributed by atoms with E-state index >= 15 is 0 Å². The second kappa shape index (κ2) is 6.78. The lowest BCUT2D eigenvalue weighted by Crippen LogP contribution is -2.50. The molecule has 0 radical (unpaired) electrons. The van der Waals surface area contributed by atoms with E-state index in [1.54, 1.807) is 0 Å². The molecule has 3 rings (SSSR count). The maximum absolute atomic E-state index is 13.4. The summed E-state index contributed by atoms with van der Waals surface area (Å²) >= 11 is 0. The van der Waals surface area contributed by atoms with E-state index in [2.05, 4.69) is 10.0 Å². The van der Waals surface area contributed by atoms with Crippen molar-refractivity contribution in [1.29, 1.82) is 0 Å². The van der Waals surface area contributed by atoms with Crippen molar-refractivity contribution < 1.29 is 17.2 Å². The smallest absolute Gasteiger partial charge is 0.214 e. The van der Waals surface area contributed by atoms with Gasteiger partial charge in [-0.05, 0) is 43.5 Å². The molecule has 8 heteroatoms. The third kappa shape index (κ3) is 3.76. The molecule has 2 fully saturated rings. The number of benzene rings is 1. The van der Waals surface area contributed by atoms with Gasteiger partial charge in [0.1, 0.15) is 0 Å². The number of halogens is 3. The predicted octanol–water partition coefficient (Wildman–Crippen LogP) is 1.91. The Labute approximate surface area is 135 Å². The molecule has 1 aliphatic heterocycles. The summed E-state index contributed by atoms with van der Waals surface area (Å²) < 4.78 is 53.4. The average Bonchev–Trinajstić information content (AvgIpc) is 3.27. The zero-order valence-electron chi connectivity index (χ0n) is 11.9. The van der Waals surface area contributed by atoms with E-state index in [0.29, 0.717) is 31.4 Å². The Hall–Kier alpha value is -0.760. The van der Waals surface area contributed by atoms with E-state index in [0.717, 1.165) is 12.6 Å². The lowest BCUT2D eigenvalue weighted by Gasteiger charge is -2.33. The molecular formula is C14H19ClF2N2O2S. The van der Waals surface area contributed by atoms with Crippen molar-refractivity contribution in [2.45, 2.75) is 36.5 Å². The van der Waals surface area contributed by atoms with Gasteiger partial charge in [0.25, 0.3) is 0 Å². The molecule has 0 aromatic heterocycles. The molecule has 1 aliphatic carbocycles. The minimum absolute atomic E-state index is 0. The topological polar surface area (TPSA) is 58.2 Å². The van der Waals surface area contributed by atoms with Crippen LogP contribution in [0.1, 0.15) is 30.7 Å². The fourth-order valence-electron chi connectivity index (χ4n) is 2.81. The first-order valence-electron chi connectivity index (χ1n) is 7.14. The Bertz CT molecular complexity index is 638. The summed E-state index contributed by atoms with van der Waals surface area (Å²) in [6.07, 6.45) is 2.08. The predicted molar refractivity (Wildman–Crippen MR) is 82.7 cm³/mol. The molecule has 0 bridgehead atoms. The van der Waals surface area contributed by atoms with Gasteiger partial charge >= 0.3 is 0 Å². The summed E-state index contributed by atoms with van der Waals surface area (Å²) in [5.74, 6) is -1.92. The number of piperidine rings is 1. The van der Waals surface area contributed by atoms with Crippen LogP contribution in [0.2, 0.25) is 0 Å². The van der Waals surface area contributed by atoms with Crippen molar-refractivity contribution in [3.05, 3.63) is 35.4 Å². The summed E-state index contributed by atoms with van der Waals surface area (Å²) in [6, 6.07) is 3.48. The second-order valence-electron chi connectivity index (χ2n) is 5.74. The van der Waals surface area contributed by atoms with Crippen LogP contribution in [0.15, 0.2) is 18.2 Å². The SMILES string of the molecule is Cl.O=S(=O)(NC1CNCCC1c1ccc(F)c(F)c1)C1CC1. The Kier molecular flexibility index (Phi) is 5.42. The third-order valence-electron chi connectivity index (χ3n) is 4.13. The highest BCUT2D eigenvalue weighted by molar-refractivity contribution is 7.90. The highest BCUT2D eigenvalue weighted by atomic mass is 35.5. The van der Waals surface area contributed by atoms with Gasteiger partial charge in [0.2, 0.25) is 10.0 Å². The second-order valence-corrected chi connectivity index (χ2v) is 7.73. The largest absolute Gasteiger partial charge is 0.315 e. The Morgan fingerprint density at radius 2 is 1.86 bits per heavy atom. The molecule has 1 saturated carbocycles. The van der Waals surface area contributed by atoms with Crippen LogP contribution in [0, 0.1) is 11.6 Å². The van der Waals surface area contributed by atoms with Crippen LogP contribution in [0.4, 0.5) is 8.78 Å². The molecule has 4 nitrogen and oxygen atoms in total. The minimum Gasteiger partial charge on any atom is -0.315 e. The van der Waals surface area contributed by atoms with Crippen molar-refractivity contribution in [2.24, 2.45) is 0 Å². The van der Waals surface area contributed by atoms with Crippen molar-refractivity contribution in [3.63, 3.8) is 0 Å². The third-order valence-corrected chi connectivity index (χ3v) is 6.11. The molecule has 22 heavy (non-hydrogen) atoms. The number of hydrogen-bond acceptors (Lipinski definition) is 3. The van der Waals surface area contributed by atoms with Gasteiger partial charge in [0, 0.05) is 18.5 Å². The lowest BCUT2D eigenvalue weighted by molar-refractivity contribution is 0.376. The molecule has 2 aliphatic rings. The quantitative estimate of drug-likeness (QED) is 0.870. The van der Waals surface area contributed by atoms with Gasteiger partial charge in [-0.1, -0.05) is 6.07 Å². The molecule has 2 N–H and O–H groups in total. The first-order chi connectivity index (χ1) is 9.97. The van der Waals surface area contributed by atoms with E-state index in [1.807, 2.05) is 0 Å². The van der Waals surface area contributed by atoms with Crippen LogP contribution in [-0.2, 0) is 10.0 Å². The number of rotatable bonds is 4. The van der Waals surface area contributed by atoms with E-state index in [1.165, 1.54) is 12.1 Å². The first-order valence-corrected chi connectivity index (χ1v) is 8.69. The van der Waals surface area contributed by atoms with Gasteiger partial charge in [-0.3, -0.25) is 0 Å². The highest BCUT2D eigenvalue weighted by Gasteiger charge is 2.39. The van der Waals surface area contributed by atoms with Gasteiger partial charge in [-0.25, -0.2) is 21.9 Å². The summed E-state index contributed by atoms with van der Waals surface area (Å²) in [5.41, 5.74) is 0.638. The van der Waals surface area contributed by atoms with Crippen molar-refractivity contribution in [3.8, 4) is 0 Å². The fraction of sp³-hybridized carbons (Fsp3) is 0.571. The summed E-state index contributed by atoms with van der Waals surface area (Å²) in [7, 11) is -3.30. The van der Waals surface area contributed by atoms with E-state index in [-0.39, 0.29) is 29.6 Å². The van der Waals surface area contributed by atoms with Crippen LogP contribution in [0.3, 0.4) is 0 Å². The average molecular weight is 353 g/mol. The molecule has 0 amide bonds. The Balaban J connectivity index is 0.00000176. The lowest BCUT2D eigenvalue weighted by atomic mass is 9.86. The van der Waals surface area contributed by atoms with Crippen molar-refractivity contribution >= 4 is 22.4 Å². The Morgan fingerprint density at radius 3 is 2.50 bits per heavy atom. The van der Waals surface area contributed by atoms with E-state index < -0.39 is 21.7 Å². The molecule has 1 heterocycles. The molecule has 1 aromatic carbocycles. The molecule has 2 atom stereocenters. The van der Waals surface area contributed by atoms with Crippen molar-refractivity contribution in [1.82, 2.24) is 10.0 Å². The van der Waals surface area contributed by atoms with Gasteiger partial charge in [0.15, 0.2) is 11.6 Å². The summed E-state index contributed by atoms with van der Waals surface area (Å²) in [6.45, 7) is 1.22. The van der Waals surface area contributed by atoms with Crippen LogP contribution in [-0.4, -0.2) is 32.8 Å². The summed E-state index contributed by atoms with van der Waals surface area (Å²) in [4.78, 5) is 0. The van der Waals surface area contributed by atoms with Gasteiger partial charge < -0.3 is 5.32 Å². The minimum atomic E-state index is -3.30. The molecule has 0 spiro atoms. The molecule has 2 unspecified atom stereocenters. The van der Waals surface area contributed by atoms with Crippen LogP contribution in [0.25, 0.3) is 0 Å². The van der Waals surface area contributed by atoms with Crippen LogP contribution >= 0.6 is 12.4 Å². The first kappa shape index (κ1) is 17.6. The number of hydrogen-bond donors (Lipinski definition) is 2. The fourth-order valence-corrected chi connectivity index (χ4v) is 4.43. The maximum atomic E-state index is 13.4. The highest BCUT2D eigenvalue weighted by Crippen LogP contribution is 2.31. The molecule has 1 saturated heterocycles. The maximum Gasteiger partial charge on any atom is 0.214 e. The van der Waals surface area contributed by atoms with Gasteiger partial charge in [0.05, 0.1) is 5.25 Å². The number of sulfonamides is 1. The van der Waals surface area contributed by atoms with Gasteiger partial charge in [-0.15, -0.1) is 12.4 Å². The van der Waals surface area contributed by atoms with Crippen LogP contribution < -0.4 is 10.0 Å². The Morgan fingerprint density at radius 1 is 1.14 bits per heavy atom.